The van der Waals surface area contributed by atoms with Crippen molar-refractivity contribution in [2.24, 2.45) is 5.92 Å². The summed E-state index contributed by atoms with van der Waals surface area (Å²) in [4.78, 5) is 4.08. The molecule has 4 nitrogen and oxygen atoms in total. The van der Waals surface area contributed by atoms with Gasteiger partial charge >= 0.3 is 6.01 Å². The predicted octanol–water partition coefficient (Wildman–Crippen LogP) is 1.95. The van der Waals surface area contributed by atoms with E-state index in [-0.39, 0.29) is 6.01 Å². The third kappa shape index (κ3) is 1.66. The average Bonchev–Trinajstić information content (AvgIpc) is 2.53. The molecule has 0 radical (unpaired) electrons. The molecule has 1 aromatic heterocycles. The molecule has 1 saturated carbocycles. The zero-order chi connectivity index (χ0) is 9.26. The molecule has 4 heteroatoms. The van der Waals surface area contributed by atoms with Gasteiger partial charge in [0.15, 0.2) is 5.82 Å². The van der Waals surface area contributed by atoms with E-state index in [2.05, 4.69) is 17.1 Å². The largest absolute Gasteiger partial charge is 0.351 e. The lowest BCUT2D eigenvalue weighted by Gasteiger charge is -2.25. The molecule has 1 aliphatic rings. The number of anilines is 1. The number of aromatic nitrogens is 2. The molecule has 0 amide bonds. The Kier molecular flexibility index (Phi) is 2.20. The van der Waals surface area contributed by atoms with Gasteiger partial charge in [0.25, 0.3) is 0 Å². The van der Waals surface area contributed by atoms with Gasteiger partial charge < -0.3 is 10.3 Å². The number of hydrogen-bond acceptors (Lipinski definition) is 4. The summed E-state index contributed by atoms with van der Waals surface area (Å²) in [5.74, 6) is 1.91. The highest BCUT2D eigenvalue weighted by Gasteiger charge is 2.26. The molecule has 1 heterocycles. The lowest BCUT2D eigenvalue weighted by molar-refractivity contribution is 0.308. The molecule has 1 aliphatic carbocycles. The Morgan fingerprint density at radius 1 is 1.38 bits per heavy atom. The third-order valence-corrected chi connectivity index (χ3v) is 2.90. The molecule has 1 aromatic rings. The van der Waals surface area contributed by atoms with Crippen LogP contribution in [-0.4, -0.2) is 10.1 Å². The minimum Gasteiger partial charge on any atom is -0.351 e. The summed E-state index contributed by atoms with van der Waals surface area (Å²) in [7, 11) is 0. The van der Waals surface area contributed by atoms with Crippen molar-refractivity contribution in [3.8, 4) is 0 Å². The Labute approximate surface area is 77.5 Å². The lowest BCUT2D eigenvalue weighted by Crippen LogP contribution is -2.16. The normalized spacial score (nSPS) is 29.0. The number of rotatable bonds is 1. The summed E-state index contributed by atoms with van der Waals surface area (Å²) in [6.07, 6.45) is 5.02. The highest BCUT2D eigenvalue weighted by Crippen LogP contribution is 2.35. The molecule has 2 rings (SSSR count). The molecular weight excluding hydrogens is 166 g/mol. The summed E-state index contributed by atoms with van der Waals surface area (Å²) < 4.78 is 4.78. The molecule has 72 valence electrons. The fraction of sp³-hybridized carbons (Fsp3) is 0.778. The van der Waals surface area contributed by atoms with Crippen LogP contribution in [0, 0.1) is 5.92 Å². The van der Waals surface area contributed by atoms with Crippen LogP contribution in [0.2, 0.25) is 0 Å². The molecule has 0 aromatic carbocycles. The van der Waals surface area contributed by atoms with Gasteiger partial charge in [0.1, 0.15) is 0 Å². The highest BCUT2D eigenvalue weighted by atomic mass is 16.5. The second kappa shape index (κ2) is 3.36. The molecule has 13 heavy (non-hydrogen) atoms. The van der Waals surface area contributed by atoms with E-state index in [0.29, 0.717) is 11.8 Å². The first-order valence-corrected chi connectivity index (χ1v) is 4.86. The van der Waals surface area contributed by atoms with Gasteiger partial charge in [-0.2, -0.15) is 4.98 Å². The average molecular weight is 181 g/mol. The number of nitrogens with two attached hydrogens (primary N) is 1. The quantitative estimate of drug-likeness (QED) is 0.719. The van der Waals surface area contributed by atoms with Gasteiger partial charge in [-0.05, 0) is 12.3 Å². The van der Waals surface area contributed by atoms with Crippen LogP contribution >= 0.6 is 0 Å². The monoisotopic (exact) mass is 181 g/mol. The Hall–Kier alpha value is -1.06. The smallest absolute Gasteiger partial charge is 0.318 e. The Bertz CT molecular complexity index is 284. The van der Waals surface area contributed by atoms with Crippen molar-refractivity contribution in [1.82, 2.24) is 10.1 Å². The second-order valence-corrected chi connectivity index (χ2v) is 3.86. The van der Waals surface area contributed by atoms with E-state index in [1.807, 2.05) is 0 Å². The molecule has 2 unspecified atom stereocenters. The van der Waals surface area contributed by atoms with Gasteiger partial charge in [-0.15, -0.1) is 0 Å². The number of hydrogen-bond donors (Lipinski definition) is 1. The number of nitrogen functional groups attached to an aromatic ring is 1. The van der Waals surface area contributed by atoms with E-state index in [9.17, 15) is 0 Å². The molecule has 2 atom stereocenters. The van der Waals surface area contributed by atoms with Crippen LogP contribution in [0.4, 0.5) is 6.01 Å². The van der Waals surface area contributed by atoms with E-state index < -0.39 is 0 Å². The predicted molar refractivity (Wildman–Crippen MR) is 49.1 cm³/mol. The van der Waals surface area contributed by atoms with Gasteiger partial charge in [0, 0.05) is 5.92 Å². The third-order valence-electron chi connectivity index (χ3n) is 2.90. The Morgan fingerprint density at radius 3 is 2.77 bits per heavy atom. The molecule has 0 aliphatic heterocycles. The van der Waals surface area contributed by atoms with Gasteiger partial charge in [-0.3, -0.25) is 0 Å². The van der Waals surface area contributed by atoms with Crippen LogP contribution in [0.1, 0.15) is 44.3 Å². The maximum atomic E-state index is 5.39. The van der Waals surface area contributed by atoms with Crippen LogP contribution in [0.25, 0.3) is 0 Å². The van der Waals surface area contributed by atoms with Crippen LogP contribution in [0.3, 0.4) is 0 Å². The van der Waals surface area contributed by atoms with Crippen LogP contribution in [-0.2, 0) is 0 Å². The Morgan fingerprint density at radius 2 is 2.15 bits per heavy atom. The van der Waals surface area contributed by atoms with E-state index in [4.69, 9.17) is 10.3 Å². The zero-order valence-electron chi connectivity index (χ0n) is 7.86. The summed E-state index contributed by atoms with van der Waals surface area (Å²) in [6.45, 7) is 2.25. The molecule has 0 bridgehead atoms. The summed E-state index contributed by atoms with van der Waals surface area (Å²) >= 11 is 0. The maximum Gasteiger partial charge on any atom is 0.318 e. The first-order chi connectivity index (χ1) is 6.27. The van der Waals surface area contributed by atoms with Crippen molar-refractivity contribution in [2.45, 2.75) is 38.5 Å². The van der Waals surface area contributed by atoms with Gasteiger partial charge in [-0.1, -0.05) is 31.3 Å². The van der Waals surface area contributed by atoms with Crippen molar-refractivity contribution < 1.29 is 4.52 Å². The Balaban J connectivity index is 2.14. The molecule has 1 fully saturated rings. The van der Waals surface area contributed by atoms with E-state index in [0.717, 1.165) is 5.82 Å². The highest BCUT2D eigenvalue weighted by molar-refractivity contribution is 5.10. The van der Waals surface area contributed by atoms with Crippen molar-refractivity contribution in [3.05, 3.63) is 5.82 Å². The van der Waals surface area contributed by atoms with Crippen LogP contribution in [0.15, 0.2) is 4.52 Å². The van der Waals surface area contributed by atoms with Crippen molar-refractivity contribution in [2.75, 3.05) is 5.73 Å². The fourth-order valence-corrected chi connectivity index (χ4v) is 2.10. The van der Waals surface area contributed by atoms with E-state index in [1.165, 1.54) is 25.7 Å². The fourth-order valence-electron chi connectivity index (χ4n) is 2.10. The summed E-state index contributed by atoms with van der Waals surface area (Å²) in [5, 5.41) is 3.88. The van der Waals surface area contributed by atoms with Crippen LogP contribution < -0.4 is 5.73 Å². The van der Waals surface area contributed by atoms with Crippen molar-refractivity contribution in [1.29, 1.82) is 0 Å². The summed E-state index contributed by atoms with van der Waals surface area (Å²) in [5.41, 5.74) is 5.39. The SMILES string of the molecule is CC1CCCCC1c1noc(N)n1. The van der Waals surface area contributed by atoms with Gasteiger partial charge in [0.05, 0.1) is 0 Å². The van der Waals surface area contributed by atoms with Crippen LogP contribution in [0.5, 0.6) is 0 Å². The molecule has 2 N–H and O–H groups in total. The molecular formula is C9H15N3O. The summed E-state index contributed by atoms with van der Waals surface area (Å²) in [6, 6.07) is 0.188. The van der Waals surface area contributed by atoms with Gasteiger partial charge in [-0.25, -0.2) is 0 Å². The minimum atomic E-state index is 0.188. The van der Waals surface area contributed by atoms with E-state index >= 15 is 0 Å². The first-order valence-electron chi connectivity index (χ1n) is 4.86. The minimum absolute atomic E-state index is 0.188. The second-order valence-electron chi connectivity index (χ2n) is 3.86. The van der Waals surface area contributed by atoms with Crippen molar-refractivity contribution in [3.63, 3.8) is 0 Å². The van der Waals surface area contributed by atoms with Crippen molar-refractivity contribution >= 4 is 6.01 Å². The lowest BCUT2D eigenvalue weighted by atomic mass is 9.80. The van der Waals surface area contributed by atoms with Gasteiger partial charge in [0.2, 0.25) is 0 Å². The molecule has 0 saturated heterocycles. The topological polar surface area (TPSA) is 64.9 Å². The standard InChI is InChI=1S/C9H15N3O/c1-6-4-2-3-5-7(6)8-11-9(10)13-12-8/h6-7H,2-5H2,1H3,(H2,10,11,12). The number of nitrogens with zero attached hydrogens (tertiary/aromatic N) is 2. The first kappa shape index (κ1) is 8.53. The molecule has 0 spiro atoms. The zero-order valence-corrected chi connectivity index (χ0v) is 7.86. The maximum absolute atomic E-state index is 5.39. The van der Waals surface area contributed by atoms with E-state index in [1.54, 1.807) is 0 Å².